The summed E-state index contributed by atoms with van der Waals surface area (Å²) in [7, 11) is 0. The third-order valence-corrected chi connectivity index (χ3v) is 6.94. The summed E-state index contributed by atoms with van der Waals surface area (Å²) < 4.78 is 8.55. The Morgan fingerprint density at radius 3 is 3.33 bits per heavy atom. The van der Waals surface area contributed by atoms with Crippen molar-refractivity contribution in [2.45, 2.75) is 23.4 Å². The van der Waals surface area contributed by atoms with Gasteiger partial charge >= 0.3 is 87.5 Å². The van der Waals surface area contributed by atoms with Crippen molar-refractivity contribution >= 4 is 35.2 Å². The molecule has 0 amide bonds. The van der Waals surface area contributed by atoms with Gasteiger partial charge in [-0.05, 0) is 0 Å². The molecule has 1 aliphatic heterocycles. The molecular formula is C9H12OSTe. The maximum absolute atomic E-state index is 5.59. The monoisotopic (exact) mass is 298 g/mol. The van der Waals surface area contributed by atoms with Gasteiger partial charge in [0.05, 0.1) is 0 Å². The van der Waals surface area contributed by atoms with Gasteiger partial charge < -0.3 is 0 Å². The first kappa shape index (κ1) is 9.02. The topological polar surface area (TPSA) is 9.23 Å². The van der Waals surface area contributed by atoms with Crippen molar-refractivity contribution < 1.29 is 4.74 Å². The van der Waals surface area contributed by atoms with Gasteiger partial charge in [-0.3, -0.25) is 0 Å². The molecular weight excluding hydrogens is 284 g/mol. The van der Waals surface area contributed by atoms with Crippen LogP contribution >= 0.6 is 11.3 Å². The minimum absolute atomic E-state index is 0.0718. The zero-order valence-corrected chi connectivity index (χ0v) is 10.0. The Balaban J connectivity index is 1.74. The fraction of sp³-hybridized carbons (Fsp3) is 0.556. The zero-order chi connectivity index (χ0) is 8.23. The third-order valence-electron chi connectivity index (χ3n) is 1.93. The second-order valence-electron chi connectivity index (χ2n) is 2.88. The van der Waals surface area contributed by atoms with Crippen LogP contribution in [0.2, 0.25) is 4.47 Å². The molecule has 0 aliphatic carbocycles. The molecule has 0 saturated carbocycles. The molecule has 0 N–H and O–H groups in total. The standard InChI is InChI=1S/C9H12OSTe/c1-3-8(10-5-1)7-12-9-4-2-6-11-9/h2,4,6,8H,1,3,5,7H2. The van der Waals surface area contributed by atoms with Crippen molar-refractivity contribution in [1.82, 2.24) is 0 Å². The Morgan fingerprint density at radius 2 is 2.67 bits per heavy atom. The summed E-state index contributed by atoms with van der Waals surface area (Å²) in [5, 5.41) is 2.18. The van der Waals surface area contributed by atoms with Gasteiger partial charge in [0.15, 0.2) is 0 Å². The Morgan fingerprint density at radius 1 is 1.67 bits per heavy atom. The molecule has 3 heteroatoms. The van der Waals surface area contributed by atoms with E-state index in [0.717, 1.165) is 6.61 Å². The van der Waals surface area contributed by atoms with Crippen LogP contribution in [-0.2, 0) is 4.74 Å². The summed E-state index contributed by atoms with van der Waals surface area (Å²) >= 11 is 1.98. The predicted molar refractivity (Wildman–Crippen MR) is 53.5 cm³/mol. The van der Waals surface area contributed by atoms with E-state index in [1.807, 2.05) is 11.3 Å². The average Bonchev–Trinajstić information content (AvgIpc) is 2.74. The Bertz CT molecular complexity index is 216. The van der Waals surface area contributed by atoms with E-state index in [0.29, 0.717) is 6.10 Å². The van der Waals surface area contributed by atoms with E-state index < -0.39 is 0 Å². The molecule has 66 valence electrons. The molecule has 0 spiro atoms. The van der Waals surface area contributed by atoms with Gasteiger partial charge in [0, 0.05) is 0 Å². The molecule has 1 aromatic heterocycles. The summed E-state index contributed by atoms with van der Waals surface area (Å²) in [6, 6.07) is 4.42. The van der Waals surface area contributed by atoms with E-state index >= 15 is 0 Å². The molecule has 1 aliphatic rings. The fourth-order valence-corrected chi connectivity index (χ4v) is 5.58. The Hall–Kier alpha value is 0.450. The number of thiophene rings is 1. The van der Waals surface area contributed by atoms with Crippen LogP contribution in [0.1, 0.15) is 12.8 Å². The second-order valence-corrected chi connectivity index (χ2v) is 7.66. The summed E-state index contributed by atoms with van der Waals surface area (Å²) in [5.74, 6) is 0. The van der Waals surface area contributed by atoms with Crippen LogP contribution in [-0.4, -0.2) is 33.6 Å². The van der Waals surface area contributed by atoms with Crippen molar-refractivity contribution in [2.24, 2.45) is 0 Å². The molecule has 1 saturated heterocycles. The van der Waals surface area contributed by atoms with Gasteiger partial charge in [-0.2, -0.15) is 0 Å². The summed E-state index contributed by atoms with van der Waals surface area (Å²) in [5.41, 5.74) is 0. The van der Waals surface area contributed by atoms with Gasteiger partial charge in [-0.25, -0.2) is 0 Å². The van der Waals surface area contributed by atoms with E-state index in [1.54, 1.807) is 2.93 Å². The van der Waals surface area contributed by atoms with Gasteiger partial charge in [0.1, 0.15) is 0 Å². The van der Waals surface area contributed by atoms with E-state index in [4.69, 9.17) is 4.74 Å². The van der Waals surface area contributed by atoms with E-state index in [1.165, 1.54) is 17.3 Å². The number of hydrogen-bond donors (Lipinski definition) is 0. The molecule has 1 nitrogen and oxygen atoms in total. The molecule has 1 unspecified atom stereocenters. The normalized spacial score (nSPS) is 23.2. The number of rotatable bonds is 3. The molecule has 0 bridgehead atoms. The van der Waals surface area contributed by atoms with E-state index in [-0.39, 0.29) is 20.9 Å². The Labute approximate surface area is 87.2 Å². The van der Waals surface area contributed by atoms with Gasteiger partial charge in [-0.1, -0.05) is 0 Å². The number of ether oxygens (including phenoxy) is 1. The van der Waals surface area contributed by atoms with Crippen LogP contribution in [0, 0.1) is 0 Å². The Kier molecular flexibility index (Phi) is 3.47. The van der Waals surface area contributed by atoms with Crippen LogP contribution in [0.25, 0.3) is 0 Å². The molecule has 2 rings (SSSR count). The van der Waals surface area contributed by atoms with Crippen LogP contribution in [0.3, 0.4) is 0 Å². The quantitative estimate of drug-likeness (QED) is 0.771. The van der Waals surface area contributed by atoms with Crippen molar-refractivity contribution in [3.8, 4) is 0 Å². The number of hydrogen-bond acceptors (Lipinski definition) is 2. The second kappa shape index (κ2) is 4.62. The zero-order valence-electron chi connectivity index (χ0n) is 6.86. The first-order chi connectivity index (χ1) is 5.95. The summed E-state index contributed by atoms with van der Waals surface area (Å²) in [6.07, 6.45) is 3.19. The molecule has 1 atom stereocenters. The maximum atomic E-state index is 5.59. The van der Waals surface area contributed by atoms with Crippen molar-refractivity contribution in [3.63, 3.8) is 0 Å². The minimum atomic E-state index is 0.0718. The molecule has 0 radical (unpaired) electrons. The van der Waals surface area contributed by atoms with Crippen molar-refractivity contribution in [1.29, 1.82) is 0 Å². The van der Waals surface area contributed by atoms with Crippen LogP contribution < -0.4 is 2.93 Å². The van der Waals surface area contributed by atoms with Crippen molar-refractivity contribution in [2.75, 3.05) is 6.61 Å². The molecule has 1 fully saturated rings. The van der Waals surface area contributed by atoms with Crippen LogP contribution in [0.15, 0.2) is 17.5 Å². The molecule has 12 heavy (non-hydrogen) atoms. The van der Waals surface area contributed by atoms with E-state index in [2.05, 4.69) is 17.5 Å². The van der Waals surface area contributed by atoms with Crippen molar-refractivity contribution in [3.05, 3.63) is 17.5 Å². The first-order valence-corrected chi connectivity index (χ1v) is 7.92. The average molecular weight is 296 g/mol. The summed E-state index contributed by atoms with van der Waals surface area (Å²) in [4.78, 5) is 0. The third kappa shape index (κ3) is 2.47. The van der Waals surface area contributed by atoms with Gasteiger partial charge in [0.2, 0.25) is 0 Å². The van der Waals surface area contributed by atoms with Gasteiger partial charge in [-0.15, -0.1) is 0 Å². The SMILES string of the molecule is c1csc([Te]CC2CCCO2)c1. The molecule has 1 aromatic rings. The molecule has 0 aromatic carbocycles. The van der Waals surface area contributed by atoms with Gasteiger partial charge in [0.25, 0.3) is 0 Å². The van der Waals surface area contributed by atoms with Crippen LogP contribution in [0.4, 0.5) is 0 Å². The first-order valence-electron chi connectivity index (χ1n) is 4.23. The molecule has 2 heterocycles. The fourth-order valence-electron chi connectivity index (χ4n) is 1.30. The van der Waals surface area contributed by atoms with Crippen LogP contribution in [0.5, 0.6) is 0 Å². The predicted octanol–water partition coefficient (Wildman–Crippen LogP) is 1.67. The van der Waals surface area contributed by atoms with E-state index in [9.17, 15) is 0 Å². The summed E-state index contributed by atoms with van der Waals surface area (Å²) in [6.45, 7) is 1.00.